The lowest BCUT2D eigenvalue weighted by Crippen LogP contribution is -2.48. The van der Waals surface area contributed by atoms with Crippen LogP contribution in [-0.2, 0) is 0 Å². The predicted molar refractivity (Wildman–Crippen MR) is 47.3 cm³/mol. The lowest BCUT2D eigenvalue weighted by Gasteiger charge is -2.33. The normalized spacial score (nSPS) is 29.9. The van der Waals surface area contributed by atoms with Crippen LogP contribution in [0.5, 0.6) is 0 Å². The van der Waals surface area contributed by atoms with E-state index in [9.17, 15) is 4.79 Å². The third-order valence-corrected chi connectivity index (χ3v) is 2.86. The maximum Gasteiger partial charge on any atom is 0.323 e. The van der Waals surface area contributed by atoms with Gasteiger partial charge in [-0.3, -0.25) is 10.7 Å². The fourth-order valence-electron chi connectivity index (χ4n) is 1.37. The molecule has 68 valence electrons. The Bertz CT molecular complexity index is 236. The number of amides is 2. The Morgan fingerprint density at radius 2 is 2.08 bits per heavy atom. The summed E-state index contributed by atoms with van der Waals surface area (Å²) in [6.45, 7) is 5.91. The maximum absolute atomic E-state index is 11.2. The molecule has 4 nitrogen and oxygen atoms in total. The van der Waals surface area contributed by atoms with Crippen LogP contribution in [0.3, 0.4) is 0 Å². The van der Waals surface area contributed by atoms with E-state index in [1.54, 1.807) is 11.9 Å². The van der Waals surface area contributed by atoms with Crippen LogP contribution in [0.4, 0.5) is 4.79 Å². The minimum atomic E-state index is -0.461. The summed E-state index contributed by atoms with van der Waals surface area (Å²) in [5, 5.41) is 10.1. The fraction of sp³-hybridized carbons (Fsp3) is 0.750. The molecule has 0 aromatic heterocycles. The van der Waals surface area contributed by atoms with E-state index >= 15 is 0 Å². The number of amidine groups is 1. The molecule has 1 fully saturated rings. The van der Waals surface area contributed by atoms with Crippen molar-refractivity contribution in [1.82, 2.24) is 10.2 Å². The van der Waals surface area contributed by atoms with Gasteiger partial charge in [-0.2, -0.15) is 0 Å². The molecule has 1 rings (SSSR count). The highest BCUT2D eigenvalue weighted by atomic mass is 16.2. The van der Waals surface area contributed by atoms with Crippen molar-refractivity contribution in [2.24, 2.45) is 5.92 Å². The Kier molecular flexibility index (Phi) is 1.86. The van der Waals surface area contributed by atoms with Crippen molar-refractivity contribution in [2.75, 3.05) is 7.05 Å². The van der Waals surface area contributed by atoms with E-state index in [0.717, 1.165) is 0 Å². The quantitative estimate of drug-likeness (QED) is 0.605. The van der Waals surface area contributed by atoms with Gasteiger partial charge in [0.1, 0.15) is 11.4 Å². The molecule has 1 aliphatic rings. The van der Waals surface area contributed by atoms with E-state index in [2.05, 4.69) is 5.32 Å². The number of carbonyl (C=O) groups excluding carboxylic acids is 1. The third kappa shape index (κ3) is 0.906. The molecule has 0 radical (unpaired) electrons. The molecule has 0 saturated carbocycles. The van der Waals surface area contributed by atoms with Crippen molar-refractivity contribution in [3.63, 3.8) is 0 Å². The van der Waals surface area contributed by atoms with Crippen molar-refractivity contribution in [3.05, 3.63) is 0 Å². The molecule has 0 aromatic carbocycles. The molecule has 0 aliphatic carbocycles. The second-order valence-corrected chi connectivity index (χ2v) is 3.67. The van der Waals surface area contributed by atoms with Crippen molar-refractivity contribution in [3.8, 4) is 0 Å². The lowest BCUT2D eigenvalue weighted by molar-refractivity contribution is 0.176. The Morgan fingerprint density at radius 3 is 2.25 bits per heavy atom. The standard InChI is InChI=1S/C8H15N3O/c1-5(2)8(3)6(9)10-7(12)11(8)4/h5H,1-4H3,(H2,9,10,12). The van der Waals surface area contributed by atoms with Crippen molar-refractivity contribution >= 4 is 11.9 Å². The summed E-state index contributed by atoms with van der Waals surface area (Å²) >= 11 is 0. The number of carbonyl (C=O) groups is 1. The number of hydrogen-bond donors (Lipinski definition) is 2. The first-order chi connectivity index (χ1) is 5.40. The van der Waals surface area contributed by atoms with E-state index in [4.69, 9.17) is 5.41 Å². The first-order valence-corrected chi connectivity index (χ1v) is 4.04. The SMILES string of the molecule is CC(C)C1(C)C(=N)NC(=O)N1C. The molecular weight excluding hydrogens is 154 g/mol. The van der Waals surface area contributed by atoms with Gasteiger partial charge in [0, 0.05) is 7.05 Å². The van der Waals surface area contributed by atoms with Crippen molar-refractivity contribution < 1.29 is 4.79 Å². The summed E-state index contributed by atoms with van der Waals surface area (Å²) in [6, 6.07) is -0.184. The Morgan fingerprint density at radius 1 is 1.58 bits per heavy atom. The molecule has 1 aliphatic heterocycles. The summed E-state index contributed by atoms with van der Waals surface area (Å²) in [6.07, 6.45) is 0. The van der Waals surface area contributed by atoms with Gasteiger partial charge in [-0.15, -0.1) is 0 Å². The molecular formula is C8H15N3O. The van der Waals surface area contributed by atoms with Gasteiger partial charge in [-0.05, 0) is 12.8 Å². The van der Waals surface area contributed by atoms with Crippen LogP contribution in [0.2, 0.25) is 0 Å². The minimum Gasteiger partial charge on any atom is -0.315 e. The zero-order valence-corrected chi connectivity index (χ0v) is 7.93. The molecule has 12 heavy (non-hydrogen) atoms. The maximum atomic E-state index is 11.2. The minimum absolute atomic E-state index is 0.184. The topological polar surface area (TPSA) is 56.2 Å². The average molecular weight is 169 g/mol. The summed E-state index contributed by atoms with van der Waals surface area (Å²) < 4.78 is 0. The molecule has 0 spiro atoms. The summed E-state index contributed by atoms with van der Waals surface area (Å²) in [7, 11) is 1.72. The largest absolute Gasteiger partial charge is 0.323 e. The van der Waals surface area contributed by atoms with Gasteiger partial charge in [0.25, 0.3) is 0 Å². The molecule has 2 N–H and O–H groups in total. The highest BCUT2D eigenvalue weighted by Crippen LogP contribution is 2.27. The van der Waals surface area contributed by atoms with Gasteiger partial charge in [0.2, 0.25) is 0 Å². The fourth-order valence-corrected chi connectivity index (χ4v) is 1.37. The van der Waals surface area contributed by atoms with Crippen LogP contribution in [0.15, 0.2) is 0 Å². The molecule has 0 aromatic rings. The van der Waals surface area contributed by atoms with Gasteiger partial charge in [-0.25, -0.2) is 4.79 Å². The summed E-state index contributed by atoms with van der Waals surface area (Å²) in [4.78, 5) is 12.8. The zero-order valence-electron chi connectivity index (χ0n) is 7.93. The highest BCUT2D eigenvalue weighted by Gasteiger charge is 2.46. The van der Waals surface area contributed by atoms with Crippen LogP contribution < -0.4 is 5.32 Å². The van der Waals surface area contributed by atoms with E-state index in [-0.39, 0.29) is 11.9 Å². The number of rotatable bonds is 1. The number of hydrogen-bond acceptors (Lipinski definition) is 2. The van der Waals surface area contributed by atoms with Crippen LogP contribution >= 0.6 is 0 Å². The zero-order chi connectivity index (χ0) is 9.52. The molecule has 1 saturated heterocycles. The van der Waals surface area contributed by atoms with Gasteiger partial charge >= 0.3 is 6.03 Å². The van der Waals surface area contributed by atoms with Crippen LogP contribution in [0.1, 0.15) is 20.8 Å². The predicted octanol–water partition coefficient (Wildman–Crippen LogP) is 1.03. The van der Waals surface area contributed by atoms with Gasteiger partial charge < -0.3 is 4.90 Å². The van der Waals surface area contributed by atoms with Crippen LogP contribution in [0, 0.1) is 11.3 Å². The van der Waals surface area contributed by atoms with E-state index in [1.807, 2.05) is 20.8 Å². The number of nitrogens with zero attached hydrogens (tertiary/aromatic N) is 1. The monoisotopic (exact) mass is 169 g/mol. The number of nitrogens with one attached hydrogen (secondary N) is 2. The van der Waals surface area contributed by atoms with Gasteiger partial charge in [-0.1, -0.05) is 13.8 Å². The third-order valence-electron chi connectivity index (χ3n) is 2.86. The van der Waals surface area contributed by atoms with E-state index in [0.29, 0.717) is 5.84 Å². The molecule has 2 amide bonds. The molecule has 1 atom stereocenters. The second kappa shape index (κ2) is 2.47. The first kappa shape index (κ1) is 9.03. The summed E-state index contributed by atoms with van der Waals surface area (Å²) in [5.41, 5.74) is -0.461. The van der Waals surface area contributed by atoms with Gasteiger partial charge in [0.05, 0.1) is 0 Å². The molecule has 0 bridgehead atoms. The summed E-state index contributed by atoms with van der Waals surface area (Å²) in [5.74, 6) is 0.541. The highest BCUT2D eigenvalue weighted by molar-refractivity contribution is 6.08. The molecule has 4 heteroatoms. The van der Waals surface area contributed by atoms with Gasteiger partial charge in [0.15, 0.2) is 0 Å². The Hall–Kier alpha value is -1.06. The van der Waals surface area contributed by atoms with Crippen LogP contribution in [0.25, 0.3) is 0 Å². The van der Waals surface area contributed by atoms with E-state index in [1.165, 1.54) is 0 Å². The van der Waals surface area contributed by atoms with Crippen molar-refractivity contribution in [1.29, 1.82) is 5.41 Å². The number of urea groups is 1. The molecule has 1 unspecified atom stereocenters. The Labute approximate surface area is 72.4 Å². The molecule has 1 heterocycles. The average Bonchev–Trinajstić information content (AvgIpc) is 2.16. The number of likely N-dealkylation sites (N-methyl/N-ethyl adjacent to an activating group) is 1. The van der Waals surface area contributed by atoms with E-state index < -0.39 is 5.54 Å². The first-order valence-electron chi connectivity index (χ1n) is 4.04. The smallest absolute Gasteiger partial charge is 0.315 e. The lowest BCUT2D eigenvalue weighted by atomic mass is 9.87. The second-order valence-electron chi connectivity index (χ2n) is 3.67. The van der Waals surface area contributed by atoms with Crippen molar-refractivity contribution in [2.45, 2.75) is 26.3 Å². The van der Waals surface area contributed by atoms with Crippen LogP contribution in [-0.4, -0.2) is 29.4 Å². The Balaban J connectivity index is 3.03.